The number of nitrogens with zero attached hydrogens (tertiary/aromatic N) is 1. The van der Waals surface area contributed by atoms with Gasteiger partial charge in [0, 0.05) is 25.9 Å². The van der Waals surface area contributed by atoms with E-state index in [1.807, 2.05) is 54.6 Å². The average Bonchev–Trinajstić information content (AvgIpc) is 3.40. The maximum atomic E-state index is 13.8. The lowest BCUT2D eigenvalue weighted by atomic mass is 10.0. The minimum atomic E-state index is -0.687. The van der Waals surface area contributed by atoms with Crippen LogP contribution in [-0.4, -0.2) is 36.1 Å². The molecule has 2 amide bonds. The predicted octanol–water partition coefficient (Wildman–Crippen LogP) is 6.21. The molecule has 0 unspecified atom stereocenters. The first-order valence-corrected chi connectivity index (χ1v) is 13.6. The number of rotatable bonds is 12. The van der Waals surface area contributed by atoms with Crippen molar-refractivity contribution in [2.45, 2.75) is 51.6 Å². The third kappa shape index (κ3) is 7.42. The second-order valence-corrected chi connectivity index (χ2v) is 10.1. The van der Waals surface area contributed by atoms with E-state index < -0.39 is 6.04 Å². The molecule has 0 bridgehead atoms. The van der Waals surface area contributed by atoms with E-state index >= 15 is 0 Å². The van der Waals surface area contributed by atoms with Crippen molar-refractivity contribution in [1.82, 2.24) is 10.2 Å². The number of hydrogen-bond donors (Lipinski definition) is 1. The lowest BCUT2D eigenvalue weighted by Gasteiger charge is -2.32. The topological polar surface area (TPSA) is 67.9 Å². The molecule has 200 valence electrons. The predicted molar refractivity (Wildman–Crippen MR) is 150 cm³/mol. The molecule has 3 aromatic carbocycles. The van der Waals surface area contributed by atoms with Crippen molar-refractivity contribution in [3.8, 4) is 11.5 Å². The Kier molecular flexibility index (Phi) is 9.91. The van der Waals surface area contributed by atoms with Crippen LogP contribution >= 0.6 is 23.2 Å². The number of nitrogens with one attached hydrogen (secondary N) is 1. The highest BCUT2D eigenvalue weighted by Crippen LogP contribution is 2.33. The van der Waals surface area contributed by atoms with Crippen molar-refractivity contribution < 1.29 is 19.1 Å². The minimum absolute atomic E-state index is 0.125. The summed E-state index contributed by atoms with van der Waals surface area (Å²) in [6.45, 7) is 3.06. The fourth-order valence-electron chi connectivity index (χ4n) is 4.39. The highest BCUT2D eigenvalue weighted by molar-refractivity contribution is 6.42. The Hall–Kier alpha value is -3.22. The van der Waals surface area contributed by atoms with Gasteiger partial charge in [-0.25, -0.2) is 0 Å². The summed E-state index contributed by atoms with van der Waals surface area (Å²) >= 11 is 12.4. The summed E-state index contributed by atoms with van der Waals surface area (Å²) in [5.74, 6) is 1.09. The molecule has 8 heteroatoms. The Morgan fingerprint density at radius 3 is 2.45 bits per heavy atom. The van der Waals surface area contributed by atoms with E-state index in [0.717, 1.165) is 29.5 Å². The van der Waals surface area contributed by atoms with Crippen LogP contribution in [0.5, 0.6) is 11.5 Å². The molecule has 1 atom stereocenters. The van der Waals surface area contributed by atoms with Crippen LogP contribution in [0.4, 0.5) is 0 Å². The van der Waals surface area contributed by atoms with Gasteiger partial charge in [0.1, 0.15) is 6.04 Å². The Balaban J connectivity index is 1.59. The Labute approximate surface area is 233 Å². The Bertz CT molecular complexity index is 1250. The van der Waals surface area contributed by atoms with Gasteiger partial charge in [0.15, 0.2) is 11.5 Å². The van der Waals surface area contributed by atoms with E-state index in [4.69, 9.17) is 32.7 Å². The van der Waals surface area contributed by atoms with Gasteiger partial charge in [-0.05, 0) is 53.8 Å². The summed E-state index contributed by atoms with van der Waals surface area (Å²) in [4.78, 5) is 29.0. The van der Waals surface area contributed by atoms with Gasteiger partial charge in [0.2, 0.25) is 18.6 Å². The van der Waals surface area contributed by atoms with E-state index in [2.05, 4.69) is 12.2 Å². The summed E-state index contributed by atoms with van der Waals surface area (Å²) in [5, 5.41) is 3.88. The van der Waals surface area contributed by atoms with E-state index in [1.54, 1.807) is 17.0 Å². The summed E-state index contributed by atoms with van der Waals surface area (Å²) in [6.07, 6.45) is 2.97. The van der Waals surface area contributed by atoms with Gasteiger partial charge in [-0.2, -0.15) is 0 Å². The number of carbonyl (C=O) groups is 2. The lowest BCUT2D eigenvalue weighted by Crippen LogP contribution is -2.50. The molecule has 0 radical (unpaired) electrons. The molecule has 0 saturated heterocycles. The number of amides is 2. The number of hydrogen-bond acceptors (Lipinski definition) is 4. The quantitative estimate of drug-likeness (QED) is 0.270. The van der Waals surface area contributed by atoms with E-state index in [1.165, 1.54) is 0 Å². The van der Waals surface area contributed by atoms with Crippen molar-refractivity contribution in [3.05, 3.63) is 93.5 Å². The summed E-state index contributed by atoms with van der Waals surface area (Å²) < 4.78 is 10.9. The Morgan fingerprint density at radius 1 is 0.921 bits per heavy atom. The molecule has 1 aliphatic heterocycles. The number of halogens is 2. The molecule has 6 nitrogen and oxygen atoms in total. The van der Waals surface area contributed by atoms with Crippen LogP contribution < -0.4 is 14.8 Å². The first-order valence-electron chi connectivity index (χ1n) is 12.9. The highest BCUT2D eigenvalue weighted by Gasteiger charge is 2.30. The molecular weight excluding hydrogens is 523 g/mol. The van der Waals surface area contributed by atoms with Gasteiger partial charge in [0.25, 0.3) is 0 Å². The van der Waals surface area contributed by atoms with Crippen LogP contribution in [0.2, 0.25) is 10.0 Å². The van der Waals surface area contributed by atoms with Crippen LogP contribution in [0, 0.1) is 0 Å². The van der Waals surface area contributed by atoms with E-state index in [-0.39, 0.29) is 31.6 Å². The zero-order chi connectivity index (χ0) is 26.9. The Morgan fingerprint density at radius 2 is 1.68 bits per heavy atom. The van der Waals surface area contributed by atoms with Crippen molar-refractivity contribution in [1.29, 1.82) is 0 Å². The number of fused-ring (bicyclic) bond motifs is 1. The van der Waals surface area contributed by atoms with Crippen molar-refractivity contribution in [2.24, 2.45) is 0 Å². The molecule has 1 aliphatic rings. The molecule has 4 rings (SSSR count). The summed E-state index contributed by atoms with van der Waals surface area (Å²) in [7, 11) is 0. The largest absolute Gasteiger partial charge is 0.454 e. The van der Waals surface area contributed by atoms with Crippen molar-refractivity contribution in [2.75, 3.05) is 13.3 Å². The molecule has 0 aromatic heterocycles. The average molecular weight is 556 g/mol. The standard InChI is InChI=1S/C30H32Cl2N2O4/c1-2-3-15-33-30(36)26(17-21-7-5-4-6-8-21)34(19-23-9-12-24(31)25(32)16-23)29(35)14-11-22-10-13-27-28(18-22)38-20-37-27/h4-10,12-13,16,18,26H,2-3,11,14-15,17,19-20H2,1H3,(H,33,36)/t26-/m1/s1. The first-order chi connectivity index (χ1) is 18.4. The maximum Gasteiger partial charge on any atom is 0.243 e. The smallest absolute Gasteiger partial charge is 0.243 e. The fraction of sp³-hybridized carbons (Fsp3) is 0.333. The van der Waals surface area contributed by atoms with Gasteiger partial charge in [0.05, 0.1) is 10.0 Å². The van der Waals surface area contributed by atoms with E-state index in [9.17, 15) is 9.59 Å². The molecular formula is C30H32Cl2N2O4. The summed E-state index contributed by atoms with van der Waals surface area (Å²) in [5.41, 5.74) is 2.74. The molecule has 38 heavy (non-hydrogen) atoms. The number of unbranched alkanes of at least 4 members (excludes halogenated alkanes) is 1. The molecule has 3 aromatic rings. The molecule has 0 aliphatic carbocycles. The number of benzene rings is 3. The van der Waals surface area contributed by atoms with Gasteiger partial charge < -0.3 is 19.7 Å². The van der Waals surface area contributed by atoms with Gasteiger partial charge in [-0.15, -0.1) is 0 Å². The number of ether oxygens (including phenoxy) is 2. The van der Waals surface area contributed by atoms with Gasteiger partial charge in [-0.1, -0.05) is 79.0 Å². The van der Waals surface area contributed by atoms with Crippen LogP contribution in [-0.2, 0) is 29.0 Å². The maximum absolute atomic E-state index is 13.8. The monoisotopic (exact) mass is 554 g/mol. The second-order valence-electron chi connectivity index (χ2n) is 9.31. The molecule has 0 fully saturated rings. The molecule has 1 N–H and O–H groups in total. The number of aryl methyl sites for hydroxylation is 1. The zero-order valence-electron chi connectivity index (χ0n) is 21.4. The normalized spacial score (nSPS) is 12.7. The minimum Gasteiger partial charge on any atom is -0.454 e. The molecule has 0 spiro atoms. The van der Waals surface area contributed by atoms with Crippen LogP contribution in [0.15, 0.2) is 66.7 Å². The van der Waals surface area contributed by atoms with Crippen LogP contribution in [0.3, 0.4) is 0 Å². The van der Waals surface area contributed by atoms with Crippen LogP contribution in [0.25, 0.3) is 0 Å². The zero-order valence-corrected chi connectivity index (χ0v) is 22.9. The SMILES string of the molecule is CCCCNC(=O)[C@@H](Cc1ccccc1)N(Cc1ccc(Cl)c(Cl)c1)C(=O)CCc1ccc2c(c1)OCO2. The van der Waals surface area contributed by atoms with Gasteiger partial charge >= 0.3 is 0 Å². The number of carbonyl (C=O) groups excluding carboxylic acids is 2. The van der Waals surface area contributed by atoms with Gasteiger partial charge in [-0.3, -0.25) is 9.59 Å². The summed E-state index contributed by atoms with van der Waals surface area (Å²) in [6, 6.07) is 20.0. The second kappa shape index (κ2) is 13.5. The fourth-order valence-corrected chi connectivity index (χ4v) is 4.71. The lowest BCUT2D eigenvalue weighted by molar-refractivity contribution is -0.141. The van der Waals surface area contributed by atoms with E-state index in [0.29, 0.717) is 40.9 Å². The highest BCUT2D eigenvalue weighted by atomic mass is 35.5. The third-order valence-electron chi connectivity index (χ3n) is 6.50. The van der Waals surface area contributed by atoms with Crippen molar-refractivity contribution in [3.63, 3.8) is 0 Å². The first kappa shape index (κ1) is 27.8. The molecule has 0 saturated carbocycles. The van der Waals surface area contributed by atoms with Crippen LogP contribution in [0.1, 0.15) is 42.9 Å². The molecule has 1 heterocycles. The van der Waals surface area contributed by atoms with Crippen molar-refractivity contribution >= 4 is 35.0 Å². The third-order valence-corrected chi connectivity index (χ3v) is 7.24.